The average molecular weight is 435 g/mol. The Labute approximate surface area is 189 Å². The molecule has 3 rings (SSSR count). The maximum absolute atomic E-state index is 13.1. The normalized spacial score (nSPS) is 17.8. The van der Waals surface area contributed by atoms with Gasteiger partial charge in [0, 0.05) is 12.1 Å². The van der Waals surface area contributed by atoms with Crippen molar-refractivity contribution in [3.8, 4) is 5.75 Å². The summed E-state index contributed by atoms with van der Waals surface area (Å²) in [7, 11) is 3.92. The Bertz CT molecular complexity index is 1020. The lowest BCUT2D eigenvalue weighted by molar-refractivity contribution is -0.139. The number of rotatable bonds is 9. The highest BCUT2D eigenvalue weighted by molar-refractivity contribution is 6.46. The predicted octanol–water partition coefficient (Wildman–Crippen LogP) is 3.93. The number of Topliss-reactive ketones (excluding diaryl/α,β-unsaturated/α-hetero) is 1. The van der Waals surface area contributed by atoms with Gasteiger partial charge in [0.1, 0.15) is 18.1 Å². The summed E-state index contributed by atoms with van der Waals surface area (Å²) in [5, 5.41) is 11.1. The number of aliphatic hydroxyl groups excluding tert-OH is 1. The summed E-state index contributed by atoms with van der Waals surface area (Å²) in [5.74, 6) is -0.826. The van der Waals surface area contributed by atoms with E-state index in [0.717, 1.165) is 12.1 Å². The molecule has 1 amide bonds. The molecule has 1 aliphatic heterocycles. The number of ketones is 1. The van der Waals surface area contributed by atoms with E-state index >= 15 is 0 Å². The Morgan fingerprint density at radius 3 is 2.56 bits per heavy atom. The molecule has 1 heterocycles. The van der Waals surface area contributed by atoms with E-state index in [1.807, 2.05) is 56.3 Å². The third-order valence-electron chi connectivity index (χ3n) is 5.41. The molecule has 0 radical (unpaired) electrons. The highest BCUT2D eigenvalue weighted by Crippen LogP contribution is 2.40. The number of amides is 1. The van der Waals surface area contributed by atoms with Crippen LogP contribution in [-0.2, 0) is 9.59 Å². The number of ether oxygens (including phenoxy) is 1. The smallest absolute Gasteiger partial charge is 0.295 e. The maximum atomic E-state index is 13.1. The first-order valence-electron chi connectivity index (χ1n) is 10.7. The number of aliphatic hydroxyl groups is 1. The van der Waals surface area contributed by atoms with Gasteiger partial charge in [-0.1, -0.05) is 54.6 Å². The van der Waals surface area contributed by atoms with Crippen LogP contribution in [-0.4, -0.2) is 60.4 Å². The van der Waals surface area contributed by atoms with Crippen molar-refractivity contribution in [2.45, 2.75) is 19.4 Å². The molecule has 0 aromatic heterocycles. The zero-order chi connectivity index (χ0) is 23.3. The molecule has 32 heavy (non-hydrogen) atoms. The van der Waals surface area contributed by atoms with Crippen LogP contribution in [0.15, 0.2) is 66.8 Å². The van der Waals surface area contributed by atoms with E-state index in [9.17, 15) is 14.7 Å². The van der Waals surface area contributed by atoms with Crippen LogP contribution in [0.2, 0.25) is 0 Å². The molecule has 0 aliphatic carbocycles. The number of carbonyl (C=O) groups excluding carboxylic acids is 2. The van der Waals surface area contributed by atoms with Gasteiger partial charge in [-0.2, -0.15) is 0 Å². The van der Waals surface area contributed by atoms with Crippen molar-refractivity contribution >= 4 is 17.4 Å². The van der Waals surface area contributed by atoms with Crippen molar-refractivity contribution in [1.29, 1.82) is 0 Å². The Hall–Kier alpha value is -3.38. The molecule has 1 fully saturated rings. The van der Waals surface area contributed by atoms with Crippen LogP contribution in [0.4, 0.5) is 0 Å². The quantitative estimate of drug-likeness (QED) is 0.280. The second kappa shape index (κ2) is 10.3. The van der Waals surface area contributed by atoms with Gasteiger partial charge in [-0.05, 0) is 51.7 Å². The summed E-state index contributed by atoms with van der Waals surface area (Å²) in [6.07, 6.45) is 2.35. The third kappa shape index (κ3) is 5.08. The van der Waals surface area contributed by atoms with Crippen molar-refractivity contribution in [2.24, 2.45) is 0 Å². The molecule has 0 bridgehead atoms. The van der Waals surface area contributed by atoms with Crippen LogP contribution in [0.5, 0.6) is 5.75 Å². The molecule has 2 aromatic carbocycles. The summed E-state index contributed by atoms with van der Waals surface area (Å²) in [6, 6.07) is 13.8. The summed E-state index contributed by atoms with van der Waals surface area (Å²) in [5.41, 5.74) is 2.36. The molecule has 0 spiro atoms. The second-order valence-corrected chi connectivity index (χ2v) is 8.19. The third-order valence-corrected chi connectivity index (χ3v) is 5.41. The molecule has 168 valence electrons. The number of carbonyl (C=O) groups is 2. The van der Waals surface area contributed by atoms with E-state index in [1.165, 1.54) is 0 Å². The van der Waals surface area contributed by atoms with Crippen molar-refractivity contribution in [3.05, 3.63) is 83.4 Å². The fraction of sp³-hybridized carbons (Fsp3) is 0.308. The van der Waals surface area contributed by atoms with E-state index in [2.05, 4.69) is 6.58 Å². The topological polar surface area (TPSA) is 70.1 Å². The number of likely N-dealkylation sites (tertiary alicyclic amines) is 1. The van der Waals surface area contributed by atoms with Gasteiger partial charge >= 0.3 is 0 Å². The molecule has 0 unspecified atom stereocenters. The summed E-state index contributed by atoms with van der Waals surface area (Å²) < 4.78 is 5.66. The lowest BCUT2D eigenvalue weighted by Crippen LogP contribution is -2.32. The van der Waals surface area contributed by atoms with Gasteiger partial charge in [-0.25, -0.2) is 0 Å². The SMILES string of the molecule is C=CCOc1cccc([C@H]2/C(=C(\O)c3ccc(C)cc3)C(=O)C(=O)N2CCCN(C)C)c1. The van der Waals surface area contributed by atoms with Gasteiger partial charge in [0.05, 0.1) is 11.6 Å². The van der Waals surface area contributed by atoms with Crippen LogP contribution in [0.3, 0.4) is 0 Å². The van der Waals surface area contributed by atoms with E-state index in [1.54, 1.807) is 29.2 Å². The first-order valence-corrected chi connectivity index (χ1v) is 10.7. The second-order valence-electron chi connectivity index (χ2n) is 8.19. The molecule has 0 saturated carbocycles. The molecule has 2 aromatic rings. The standard InChI is InChI=1S/C26H30N2O4/c1-5-16-32-21-9-6-8-20(17-21)23-22(24(29)19-12-10-18(2)11-13-19)25(30)26(31)28(23)15-7-14-27(3)4/h5-6,8-13,17,23,29H,1,7,14-16H2,2-4H3/b24-22+/t23-/m0/s1. The molecule has 1 atom stereocenters. The van der Waals surface area contributed by atoms with Crippen LogP contribution >= 0.6 is 0 Å². The van der Waals surface area contributed by atoms with E-state index < -0.39 is 17.7 Å². The van der Waals surface area contributed by atoms with Gasteiger partial charge in [0.25, 0.3) is 11.7 Å². The summed E-state index contributed by atoms with van der Waals surface area (Å²) in [6.45, 7) is 7.13. The molecule has 1 aliphatic rings. The van der Waals surface area contributed by atoms with Gasteiger partial charge in [0.15, 0.2) is 0 Å². The Balaban J connectivity index is 2.08. The number of nitrogens with zero attached hydrogens (tertiary/aromatic N) is 2. The van der Waals surface area contributed by atoms with Crippen LogP contribution in [0.25, 0.3) is 5.76 Å². The van der Waals surface area contributed by atoms with Crippen LogP contribution in [0, 0.1) is 6.92 Å². The summed E-state index contributed by atoms with van der Waals surface area (Å²) in [4.78, 5) is 29.6. The minimum Gasteiger partial charge on any atom is -0.507 e. The average Bonchev–Trinajstić information content (AvgIpc) is 3.02. The number of hydrogen-bond donors (Lipinski definition) is 1. The molecular weight excluding hydrogens is 404 g/mol. The lowest BCUT2D eigenvalue weighted by atomic mass is 9.95. The fourth-order valence-electron chi connectivity index (χ4n) is 3.81. The van der Waals surface area contributed by atoms with Crippen molar-refractivity contribution in [2.75, 3.05) is 33.8 Å². The molecule has 1 N–H and O–H groups in total. The minimum absolute atomic E-state index is 0.101. The molecular formula is C26H30N2O4. The molecule has 1 saturated heterocycles. The van der Waals surface area contributed by atoms with E-state index in [4.69, 9.17) is 4.74 Å². The predicted molar refractivity (Wildman–Crippen MR) is 125 cm³/mol. The van der Waals surface area contributed by atoms with Crippen molar-refractivity contribution in [3.63, 3.8) is 0 Å². The van der Waals surface area contributed by atoms with Crippen molar-refractivity contribution in [1.82, 2.24) is 9.80 Å². The molecule has 6 heteroatoms. The maximum Gasteiger partial charge on any atom is 0.295 e. The monoisotopic (exact) mass is 434 g/mol. The van der Waals surface area contributed by atoms with Gasteiger partial charge < -0.3 is 19.6 Å². The summed E-state index contributed by atoms with van der Waals surface area (Å²) >= 11 is 0. The van der Waals surface area contributed by atoms with Crippen molar-refractivity contribution < 1.29 is 19.4 Å². The van der Waals surface area contributed by atoms with Gasteiger partial charge in [-0.15, -0.1) is 0 Å². The first kappa shape index (κ1) is 23.3. The zero-order valence-electron chi connectivity index (χ0n) is 18.9. The Morgan fingerprint density at radius 2 is 1.91 bits per heavy atom. The number of aryl methyl sites for hydroxylation is 1. The first-order chi connectivity index (χ1) is 15.3. The van der Waals surface area contributed by atoms with Gasteiger partial charge in [-0.3, -0.25) is 9.59 Å². The Morgan fingerprint density at radius 1 is 1.19 bits per heavy atom. The largest absolute Gasteiger partial charge is 0.507 e. The van der Waals surface area contributed by atoms with Gasteiger partial charge in [0.2, 0.25) is 0 Å². The van der Waals surface area contributed by atoms with Crippen LogP contribution < -0.4 is 4.74 Å². The highest BCUT2D eigenvalue weighted by atomic mass is 16.5. The molecule has 6 nitrogen and oxygen atoms in total. The van der Waals surface area contributed by atoms with Crippen LogP contribution in [0.1, 0.15) is 29.2 Å². The van der Waals surface area contributed by atoms with E-state index in [0.29, 0.717) is 36.4 Å². The Kier molecular flexibility index (Phi) is 7.49. The fourth-order valence-corrected chi connectivity index (χ4v) is 3.81. The number of hydrogen-bond acceptors (Lipinski definition) is 5. The zero-order valence-corrected chi connectivity index (χ0v) is 18.9. The highest BCUT2D eigenvalue weighted by Gasteiger charge is 2.45. The lowest BCUT2D eigenvalue weighted by Gasteiger charge is -2.26. The minimum atomic E-state index is -0.689. The number of benzene rings is 2. The van der Waals surface area contributed by atoms with E-state index in [-0.39, 0.29) is 11.3 Å².